The quantitative estimate of drug-likeness (QED) is 0.863. The topological polar surface area (TPSA) is 98.4 Å². The lowest BCUT2D eigenvalue weighted by atomic mass is 10.1. The van der Waals surface area contributed by atoms with Crippen molar-refractivity contribution < 1.29 is 17.6 Å². The largest absolute Gasteiger partial charge is 0.459 e. The fourth-order valence-corrected chi connectivity index (χ4v) is 4.36. The summed E-state index contributed by atoms with van der Waals surface area (Å²) in [7, 11) is -3.07. The van der Waals surface area contributed by atoms with Crippen LogP contribution in [0.2, 0.25) is 0 Å². The third kappa shape index (κ3) is 2.92. The standard InChI is InChI=1S/C14H16N2O5S/c17-13(11-3-8-22(19,20)9-11)15-4-6-16-5-1-10-2-7-21-12(10)14(16)18/h1-2,5,7,11H,3-4,6,8-9H2,(H,15,17)/t11-/m0/s1. The summed E-state index contributed by atoms with van der Waals surface area (Å²) >= 11 is 0. The Labute approximate surface area is 126 Å². The minimum Gasteiger partial charge on any atom is -0.459 e. The SMILES string of the molecule is O=C(NCCn1ccc2ccoc2c1=O)[C@H]1CCS(=O)(=O)C1. The van der Waals surface area contributed by atoms with E-state index in [9.17, 15) is 18.0 Å². The van der Waals surface area contributed by atoms with Crippen LogP contribution in [0.5, 0.6) is 0 Å². The number of fused-ring (bicyclic) bond motifs is 1. The Morgan fingerprint density at radius 1 is 1.41 bits per heavy atom. The van der Waals surface area contributed by atoms with E-state index in [1.165, 1.54) is 10.8 Å². The van der Waals surface area contributed by atoms with Gasteiger partial charge in [0.05, 0.1) is 23.7 Å². The van der Waals surface area contributed by atoms with Gasteiger partial charge >= 0.3 is 0 Å². The summed E-state index contributed by atoms with van der Waals surface area (Å²) in [5, 5.41) is 3.42. The molecule has 1 saturated heterocycles. The monoisotopic (exact) mass is 324 g/mol. The summed E-state index contributed by atoms with van der Waals surface area (Å²) in [5.74, 6) is -0.765. The predicted octanol–water partition coefficient (Wildman–Crippen LogP) is 0.145. The van der Waals surface area contributed by atoms with Gasteiger partial charge in [-0.1, -0.05) is 0 Å². The molecular weight excluding hydrogens is 308 g/mol. The number of pyridine rings is 1. The molecule has 0 spiro atoms. The van der Waals surface area contributed by atoms with E-state index in [4.69, 9.17) is 4.42 Å². The molecule has 8 heteroatoms. The van der Waals surface area contributed by atoms with Crippen molar-refractivity contribution in [3.05, 3.63) is 34.9 Å². The van der Waals surface area contributed by atoms with Gasteiger partial charge in [-0.05, 0) is 18.6 Å². The van der Waals surface area contributed by atoms with Crippen molar-refractivity contribution in [3.8, 4) is 0 Å². The van der Waals surface area contributed by atoms with Crippen molar-refractivity contribution in [3.63, 3.8) is 0 Å². The Morgan fingerprint density at radius 3 is 2.95 bits per heavy atom. The van der Waals surface area contributed by atoms with Gasteiger partial charge in [0, 0.05) is 24.7 Å². The molecule has 1 fully saturated rings. The first kappa shape index (κ1) is 14.8. The summed E-state index contributed by atoms with van der Waals surface area (Å²) in [6.07, 6.45) is 3.47. The zero-order chi connectivity index (χ0) is 15.7. The van der Waals surface area contributed by atoms with Crippen LogP contribution in [0.3, 0.4) is 0 Å². The number of furan rings is 1. The van der Waals surface area contributed by atoms with Crippen molar-refractivity contribution in [2.45, 2.75) is 13.0 Å². The maximum absolute atomic E-state index is 12.1. The first-order valence-corrected chi connectivity index (χ1v) is 8.83. The van der Waals surface area contributed by atoms with Gasteiger partial charge < -0.3 is 14.3 Å². The van der Waals surface area contributed by atoms with Crippen molar-refractivity contribution in [1.29, 1.82) is 0 Å². The summed E-state index contributed by atoms with van der Waals surface area (Å²) in [6.45, 7) is 0.572. The molecule has 0 aromatic carbocycles. The highest BCUT2D eigenvalue weighted by Crippen LogP contribution is 2.18. The second-order valence-electron chi connectivity index (χ2n) is 5.41. The molecule has 1 aliphatic rings. The van der Waals surface area contributed by atoms with E-state index >= 15 is 0 Å². The zero-order valence-electron chi connectivity index (χ0n) is 11.8. The lowest BCUT2D eigenvalue weighted by Crippen LogP contribution is -2.35. The van der Waals surface area contributed by atoms with Crippen LogP contribution in [0.15, 0.2) is 33.8 Å². The Morgan fingerprint density at radius 2 is 2.23 bits per heavy atom. The number of carbonyl (C=O) groups excluding carboxylic acids is 1. The Hall–Kier alpha value is -2.09. The first-order valence-electron chi connectivity index (χ1n) is 7.01. The molecule has 0 saturated carbocycles. The van der Waals surface area contributed by atoms with Gasteiger partial charge in [-0.15, -0.1) is 0 Å². The highest BCUT2D eigenvalue weighted by atomic mass is 32.2. The van der Waals surface area contributed by atoms with E-state index < -0.39 is 15.8 Å². The average molecular weight is 324 g/mol. The van der Waals surface area contributed by atoms with Crippen LogP contribution in [0.25, 0.3) is 11.0 Å². The van der Waals surface area contributed by atoms with Crippen LogP contribution in [0.4, 0.5) is 0 Å². The molecule has 22 heavy (non-hydrogen) atoms. The van der Waals surface area contributed by atoms with Gasteiger partial charge in [-0.25, -0.2) is 8.42 Å². The Kier molecular flexibility index (Phi) is 3.78. The molecule has 3 heterocycles. The maximum atomic E-state index is 12.1. The van der Waals surface area contributed by atoms with Crippen LogP contribution < -0.4 is 10.9 Å². The molecule has 2 aromatic heterocycles. The second-order valence-corrected chi connectivity index (χ2v) is 7.64. The fourth-order valence-electron chi connectivity index (χ4n) is 2.61. The predicted molar refractivity (Wildman–Crippen MR) is 80.2 cm³/mol. The van der Waals surface area contributed by atoms with Crippen LogP contribution in [0, 0.1) is 5.92 Å². The van der Waals surface area contributed by atoms with Crippen molar-refractivity contribution in [2.24, 2.45) is 5.92 Å². The van der Waals surface area contributed by atoms with Gasteiger partial charge in [-0.3, -0.25) is 9.59 Å². The minimum atomic E-state index is -3.07. The normalized spacial score (nSPS) is 20.3. The molecule has 2 aromatic rings. The molecule has 0 bridgehead atoms. The molecule has 3 rings (SSSR count). The van der Waals surface area contributed by atoms with Crippen LogP contribution in [0.1, 0.15) is 6.42 Å². The fraction of sp³-hybridized carbons (Fsp3) is 0.429. The second kappa shape index (κ2) is 5.60. The van der Waals surface area contributed by atoms with Crippen molar-refractivity contribution in [1.82, 2.24) is 9.88 Å². The number of sulfone groups is 1. The van der Waals surface area contributed by atoms with Gasteiger partial charge in [0.15, 0.2) is 15.4 Å². The summed E-state index contributed by atoms with van der Waals surface area (Å²) in [4.78, 5) is 24.0. The number of nitrogens with zero attached hydrogens (tertiary/aromatic N) is 1. The van der Waals surface area contributed by atoms with E-state index in [1.807, 2.05) is 0 Å². The molecule has 1 amide bonds. The molecule has 7 nitrogen and oxygen atoms in total. The lowest BCUT2D eigenvalue weighted by Gasteiger charge is -2.10. The van der Waals surface area contributed by atoms with Crippen molar-refractivity contribution in [2.75, 3.05) is 18.1 Å². The third-order valence-electron chi connectivity index (χ3n) is 3.84. The number of nitrogens with one attached hydrogen (secondary N) is 1. The van der Waals surface area contributed by atoms with E-state index in [0.29, 0.717) is 13.0 Å². The highest BCUT2D eigenvalue weighted by molar-refractivity contribution is 7.91. The minimum absolute atomic E-state index is 0.0692. The molecule has 1 N–H and O–H groups in total. The van der Waals surface area contributed by atoms with Gasteiger partial charge in [-0.2, -0.15) is 0 Å². The number of rotatable bonds is 4. The lowest BCUT2D eigenvalue weighted by molar-refractivity contribution is -0.124. The van der Waals surface area contributed by atoms with E-state index in [1.54, 1.807) is 18.3 Å². The Balaban J connectivity index is 1.59. The van der Waals surface area contributed by atoms with Crippen LogP contribution >= 0.6 is 0 Å². The molecule has 1 aliphatic heterocycles. The number of hydrogen-bond acceptors (Lipinski definition) is 5. The van der Waals surface area contributed by atoms with Gasteiger partial charge in [0.1, 0.15) is 0 Å². The molecule has 1 atom stereocenters. The van der Waals surface area contributed by atoms with E-state index in [-0.39, 0.29) is 35.1 Å². The van der Waals surface area contributed by atoms with Crippen LogP contribution in [-0.2, 0) is 21.2 Å². The number of carbonyl (C=O) groups is 1. The van der Waals surface area contributed by atoms with E-state index in [0.717, 1.165) is 5.39 Å². The number of hydrogen-bond donors (Lipinski definition) is 1. The zero-order valence-corrected chi connectivity index (χ0v) is 12.6. The summed E-state index contributed by atoms with van der Waals surface area (Å²) in [6, 6.07) is 3.48. The van der Waals surface area contributed by atoms with E-state index in [2.05, 4.69) is 5.32 Å². The van der Waals surface area contributed by atoms with Gasteiger partial charge in [0.25, 0.3) is 5.56 Å². The molecular formula is C14H16N2O5S. The number of aromatic nitrogens is 1. The summed E-state index contributed by atoms with van der Waals surface area (Å²) in [5.41, 5.74) is 0.0379. The first-order chi connectivity index (χ1) is 10.5. The third-order valence-corrected chi connectivity index (χ3v) is 5.61. The maximum Gasteiger partial charge on any atom is 0.294 e. The average Bonchev–Trinajstić information content (AvgIpc) is 3.07. The number of amides is 1. The Bertz CT molecular complexity index is 865. The van der Waals surface area contributed by atoms with Crippen molar-refractivity contribution >= 4 is 26.7 Å². The summed E-state index contributed by atoms with van der Waals surface area (Å²) < 4.78 is 29.3. The molecule has 118 valence electrons. The van der Waals surface area contributed by atoms with Gasteiger partial charge in [0.2, 0.25) is 5.91 Å². The molecule has 0 aliphatic carbocycles. The highest BCUT2D eigenvalue weighted by Gasteiger charge is 2.32. The van der Waals surface area contributed by atoms with Crippen LogP contribution in [-0.4, -0.2) is 36.9 Å². The smallest absolute Gasteiger partial charge is 0.294 e. The molecule has 0 radical (unpaired) electrons. The molecule has 0 unspecified atom stereocenters.